The zero-order valence-corrected chi connectivity index (χ0v) is 19.6. The molecule has 0 aliphatic rings. The topological polar surface area (TPSA) is 67.4 Å². The lowest BCUT2D eigenvalue weighted by molar-refractivity contribution is -0.116. The molecule has 31 heavy (non-hydrogen) atoms. The van der Waals surface area contributed by atoms with Gasteiger partial charge < -0.3 is 15.4 Å². The van der Waals surface area contributed by atoms with Gasteiger partial charge in [0.2, 0.25) is 5.91 Å². The summed E-state index contributed by atoms with van der Waals surface area (Å²) in [5.74, 6) is 0.0148. The van der Waals surface area contributed by atoms with Gasteiger partial charge in [-0.05, 0) is 36.8 Å². The second kappa shape index (κ2) is 13.2. The van der Waals surface area contributed by atoms with Crippen molar-refractivity contribution in [2.45, 2.75) is 58.3 Å². The highest BCUT2D eigenvalue weighted by Crippen LogP contribution is 2.35. The maximum atomic E-state index is 12.4. The standard InChI is InChI=1S/C24H30Cl2N2O3/c1-3-4-5-6-7-8-9-10-23(29)27-21-15-19(26)20(16-22(21)31-2)28-24(30)17-11-13-18(25)14-12-17/h11-16H,3-10H2,1-2H3,(H,27,29)(H,28,30). The van der Waals surface area contributed by atoms with Crippen molar-refractivity contribution in [1.82, 2.24) is 0 Å². The molecule has 0 atom stereocenters. The molecule has 5 nitrogen and oxygen atoms in total. The lowest BCUT2D eigenvalue weighted by Crippen LogP contribution is -2.14. The van der Waals surface area contributed by atoms with E-state index in [2.05, 4.69) is 17.6 Å². The minimum atomic E-state index is -0.323. The van der Waals surface area contributed by atoms with Crippen LogP contribution in [0.4, 0.5) is 11.4 Å². The monoisotopic (exact) mass is 464 g/mol. The lowest BCUT2D eigenvalue weighted by Gasteiger charge is -2.14. The summed E-state index contributed by atoms with van der Waals surface area (Å²) in [7, 11) is 1.50. The molecule has 0 radical (unpaired) electrons. The Morgan fingerprint density at radius 3 is 2.16 bits per heavy atom. The van der Waals surface area contributed by atoms with Crippen LogP contribution in [0.15, 0.2) is 36.4 Å². The summed E-state index contributed by atoms with van der Waals surface area (Å²) in [4.78, 5) is 24.8. The Hall–Kier alpha value is -2.24. The lowest BCUT2D eigenvalue weighted by atomic mass is 10.1. The van der Waals surface area contributed by atoms with Crippen molar-refractivity contribution in [3.05, 3.63) is 52.0 Å². The zero-order valence-electron chi connectivity index (χ0n) is 18.1. The number of hydrogen-bond donors (Lipinski definition) is 2. The van der Waals surface area contributed by atoms with Gasteiger partial charge in [0.25, 0.3) is 5.91 Å². The molecule has 2 N–H and O–H groups in total. The van der Waals surface area contributed by atoms with E-state index in [-0.39, 0.29) is 11.8 Å². The van der Waals surface area contributed by atoms with E-state index in [1.807, 2.05) is 0 Å². The fraction of sp³-hybridized carbons (Fsp3) is 0.417. The van der Waals surface area contributed by atoms with Gasteiger partial charge in [0.1, 0.15) is 5.75 Å². The Morgan fingerprint density at radius 2 is 1.52 bits per heavy atom. The van der Waals surface area contributed by atoms with Gasteiger partial charge >= 0.3 is 0 Å². The molecule has 0 unspecified atom stereocenters. The summed E-state index contributed by atoms with van der Waals surface area (Å²) >= 11 is 12.2. The first-order valence-electron chi connectivity index (χ1n) is 10.7. The molecular formula is C24H30Cl2N2O3. The van der Waals surface area contributed by atoms with Gasteiger partial charge in [-0.15, -0.1) is 0 Å². The van der Waals surface area contributed by atoms with Crippen molar-refractivity contribution >= 4 is 46.4 Å². The van der Waals surface area contributed by atoms with Crippen molar-refractivity contribution in [3.8, 4) is 5.75 Å². The summed E-state index contributed by atoms with van der Waals surface area (Å²) in [6.45, 7) is 2.20. The summed E-state index contributed by atoms with van der Waals surface area (Å²) < 4.78 is 5.38. The molecule has 2 amide bonds. The number of halogens is 2. The molecule has 0 bridgehead atoms. The number of carbonyl (C=O) groups excluding carboxylic acids is 2. The van der Waals surface area contributed by atoms with Crippen molar-refractivity contribution in [2.24, 2.45) is 0 Å². The third-order valence-corrected chi connectivity index (χ3v) is 5.49. The molecule has 2 aromatic carbocycles. The number of carbonyl (C=O) groups is 2. The molecule has 0 aliphatic heterocycles. The molecular weight excluding hydrogens is 435 g/mol. The minimum Gasteiger partial charge on any atom is -0.494 e. The highest BCUT2D eigenvalue weighted by molar-refractivity contribution is 6.34. The molecule has 7 heteroatoms. The predicted octanol–water partition coefficient (Wildman–Crippen LogP) is 7.33. The van der Waals surface area contributed by atoms with E-state index in [9.17, 15) is 9.59 Å². The highest BCUT2D eigenvalue weighted by atomic mass is 35.5. The number of methoxy groups -OCH3 is 1. The average molecular weight is 465 g/mol. The van der Waals surface area contributed by atoms with Gasteiger partial charge in [-0.1, -0.05) is 68.7 Å². The van der Waals surface area contributed by atoms with Crippen LogP contribution in [0.3, 0.4) is 0 Å². The molecule has 0 saturated carbocycles. The summed E-state index contributed by atoms with van der Waals surface area (Å²) in [6.07, 6.45) is 8.50. The van der Waals surface area contributed by atoms with Crippen LogP contribution in [0.1, 0.15) is 68.6 Å². The third kappa shape index (κ3) is 8.42. The number of benzene rings is 2. The largest absolute Gasteiger partial charge is 0.494 e. The molecule has 0 fully saturated rings. The van der Waals surface area contributed by atoms with Crippen molar-refractivity contribution < 1.29 is 14.3 Å². The van der Waals surface area contributed by atoms with E-state index in [0.717, 1.165) is 19.3 Å². The smallest absolute Gasteiger partial charge is 0.255 e. The third-order valence-electron chi connectivity index (χ3n) is 4.93. The molecule has 2 rings (SSSR count). The maximum Gasteiger partial charge on any atom is 0.255 e. The molecule has 0 saturated heterocycles. The SMILES string of the molecule is CCCCCCCCCC(=O)Nc1cc(Cl)c(NC(=O)c2ccc(Cl)cc2)cc1OC. The molecule has 0 heterocycles. The number of ether oxygens (including phenoxy) is 1. The van der Waals surface area contributed by atoms with E-state index < -0.39 is 0 Å². The van der Waals surface area contributed by atoms with Gasteiger partial charge in [-0.25, -0.2) is 0 Å². The van der Waals surface area contributed by atoms with Crippen LogP contribution in [0.2, 0.25) is 10.0 Å². The zero-order chi connectivity index (χ0) is 22.6. The number of rotatable bonds is 12. The van der Waals surface area contributed by atoms with E-state index in [4.69, 9.17) is 27.9 Å². The van der Waals surface area contributed by atoms with Crippen molar-refractivity contribution in [1.29, 1.82) is 0 Å². The number of unbranched alkanes of at least 4 members (excludes halogenated alkanes) is 6. The Labute approximate surface area is 194 Å². The van der Waals surface area contributed by atoms with Crippen LogP contribution in [0.25, 0.3) is 0 Å². The Bertz CT molecular complexity index is 870. The van der Waals surface area contributed by atoms with Crippen LogP contribution in [-0.2, 0) is 4.79 Å². The van der Waals surface area contributed by atoms with Gasteiger partial charge in [0.05, 0.1) is 23.5 Å². The second-order valence-electron chi connectivity index (χ2n) is 7.41. The quantitative estimate of drug-likeness (QED) is 0.323. The number of hydrogen-bond acceptors (Lipinski definition) is 3. The predicted molar refractivity (Wildman–Crippen MR) is 129 cm³/mol. The van der Waals surface area contributed by atoms with Gasteiger partial charge in [-0.3, -0.25) is 9.59 Å². The van der Waals surface area contributed by atoms with E-state index in [1.165, 1.54) is 32.8 Å². The Balaban J connectivity index is 1.93. The van der Waals surface area contributed by atoms with Gasteiger partial charge in [0.15, 0.2) is 0 Å². The normalized spacial score (nSPS) is 10.6. The fourth-order valence-electron chi connectivity index (χ4n) is 3.17. The molecule has 168 valence electrons. The fourth-order valence-corrected chi connectivity index (χ4v) is 3.50. The van der Waals surface area contributed by atoms with E-state index >= 15 is 0 Å². The van der Waals surface area contributed by atoms with Crippen LogP contribution in [0, 0.1) is 0 Å². The van der Waals surface area contributed by atoms with Crippen molar-refractivity contribution in [2.75, 3.05) is 17.7 Å². The number of anilines is 2. The molecule has 0 spiro atoms. The van der Waals surface area contributed by atoms with Crippen LogP contribution >= 0.6 is 23.2 Å². The van der Waals surface area contributed by atoms with Gasteiger partial charge in [0, 0.05) is 23.1 Å². The van der Waals surface area contributed by atoms with Gasteiger partial charge in [-0.2, -0.15) is 0 Å². The maximum absolute atomic E-state index is 12.4. The van der Waals surface area contributed by atoms with E-state index in [1.54, 1.807) is 36.4 Å². The first-order chi connectivity index (χ1) is 14.9. The van der Waals surface area contributed by atoms with Crippen molar-refractivity contribution in [3.63, 3.8) is 0 Å². The number of amides is 2. The first kappa shape index (κ1) is 25.0. The molecule has 0 aromatic heterocycles. The summed E-state index contributed by atoms with van der Waals surface area (Å²) in [5.41, 5.74) is 1.32. The molecule has 2 aromatic rings. The molecule has 0 aliphatic carbocycles. The van der Waals surface area contributed by atoms with Crippen LogP contribution in [-0.4, -0.2) is 18.9 Å². The van der Waals surface area contributed by atoms with Crippen LogP contribution in [0.5, 0.6) is 5.75 Å². The number of nitrogens with one attached hydrogen (secondary N) is 2. The highest BCUT2D eigenvalue weighted by Gasteiger charge is 2.15. The first-order valence-corrected chi connectivity index (χ1v) is 11.4. The van der Waals surface area contributed by atoms with Crippen LogP contribution < -0.4 is 15.4 Å². The average Bonchev–Trinajstić information content (AvgIpc) is 2.75. The van der Waals surface area contributed by atoms with E-state index in [0.29, 0.717) is 39.2 Å². The summed E-state index contributed by atoms with van der Waals surface area (Å²) in [6, 6.07) is 9.72. The minimum absolute atomic E-state index is 0.0825. The Kier molecular flexibility index (Phi) is 10.7. The second-order valence-corrected chi connectivity index (χ2v) is 8.26. The Morgan fingerprint density at radius 1 is 0.871 bits per heavy atom. The summed E-state index contributed by atoms with van der Waals surface area (Å²) in [5, 5.41) is 6.46.